The molecule has 0 radical (unpaired) electrons. The second-order valence-electron chi connectivity index (χ2n) is 8.23. The van der Waals surface area contributed by atoms with Crippen LogP contribution in [0.25, 0.3) is 6.08 Å². The molecule has 4 aromatic rings. The number of carbonyl (C=O) groups is 1. The zero-order valence-corrected chi connectivity index (χ0v) is 23.4. The van der Waals surface area contributed by atoms with Crippen LogP contribution < -0.4 is 9.47 Å². The summed E-state index contributed by atoms with van der Waals surface area (Å²) in [5.74, 6) is 1.59. The molecule has 1 aromatic heterocycles. The second-order valence-corrected chi connectivity index (χ2v) is 10.5. The lowest BCUT2D eigenvalue weighted by atomic mass is 10.1. The van der Waals surface area contributed by atoms with Gasteiger partial charge < -0.3 is 13.9 Å². The maximum atomic E-state index is 13.5. The number of amides is 1. The van der Waals surface area contributed by atoms with E-state index in [1.807, 2.05) is 78.9 Å². The van der Waals surface area contributed by atoms with Crippen molar-refractivity contribution in [1.29, 1.82) is 0 Å². The van der Waals surface area contributed by atoms with Crippen LogP contribution in [0.15, 0.2) is 104 Å². The highest BCUT2D eigenvalue weighted by Crippen LogP contribution is 2.40. The molecular formula is C29H22BrClN2O4S. The van der Waals surface area contributed by atoms with Crippen LogP contribution in [0.4, 0.5) is 5.69 Å². The monoisotopic (exact) mass is 608 g/mol. The predicted molar refractivity (Wildman–Crippen MR) is 155 cm³/mol. The summed E-state index contributed by atoms with van der Waals surface area (Å²) in [7, 11) is 1.58. The highest BCUT2D eigenvalue weighted by Gasteiger charge is 2.34. The van der Waals surface area contributed by atoms with Gasteiger partial charge in [-0.25, -0.2) is 4.99 Å². The number of carbonyl (C=O) groups excluding carboxylic acids is 1. The van der Waals surface area contributed by atoms with Crippen LogP contribution in [0.5, 0.6) is 11.5 Å². The lowest BCUT2D eigenvalue weighted by Gasteiger charge is -2.14. The minimum absolute atomic E-state index is 0.157. The Morgan fingerprint density at radius 2 is 1.87 bits per heavy atom. The molecule has 1 amide bonds. The Morgan fingerprint density at radius 3 is 2.61 bits per heavy atom. The van der Waals surface area contributed by atoms with Gasteiger partial charge in [0.15, 0.2) is 16.7 Å². The van der Waals surface area contributed by atoms with Crippen LogP contribution in [0.3, 0.4) is 0 Å². The first-order chi connectivity index (χ1) is 18.5. The van der Waals surface area contributed by atoms with Crippen molar-refractivity contribution in [3.05, 3.63) is 116 Å². The van der Waals surface area contributed by atoms with Gasteiger partial charge in [-0.3, -0.25) is 9.69 Å². The van der Waals surface area contributed by atoms with Crippen molar-refractivity contribution in [3.8, 4) is 11.5 Å². The Kier molecular flexibility index (Phi) is 8.22. The Hall–Kier alpha value is -3.46. The fourth-order valence-corrected chi connectivity index (χ4v) is 5.54. The number of ether oxygens (including phenoxy) is 2. The van der Waals surface area contributed by atoms with E-state index in [2.05, 4.69) is 15.9 Å². The molecule has 0 saturated carbocycles. The first-order valence-electron chi connectivity index (χ1n) is 11.6. The van der Waals surface area contributed by atoms with Gasteiger partial charge in [-0.2, -0.15) is 0 Å². The second kappa shape index (κ2) is 11.9. The molecule has 0 aliphatic carbocycles. The van der Waals surface area contributed by atoms with E-state index < -0.39 is 0 Å². The molecule has 3 aromatic carbocycles. The van der Waals surface area contributed by atoms with Crippen molar-refractivity contribution in [2.45, 2.75) is 13.2 Å². The molecule has 0 bridgehead atoms. The van der Waals surface area contributed by atoms with E-state index in [0.717, 1.165) is 16.8 Å². The van der Waals surface area contributed by atoms with E-state index in [1.165, 1.54) is 11.8 Å². The number of para-hydroxylation sites is 1. The van der Waals surface area contributed by atoms with E-state index in [-0.39, 0.29) is 19.1 Å². The molecule has 0 spiro atoms. The lowest BCUT2D eigenvalue weighted by Crippen LogP contribution is -2.28. The van der Waals surface area contributed by atoms with Gasteiger partial charge >= 0.3 is 0 Å². The molecule has 38 heavy (non-hydrogen) atoms. The Morgan fingerprint density at radius 1 is 1.08 bits per heavy atom. The first kappa shape index (κ1) is 26.2. The van der Waals surface area contributed by atoms with Crippen LogP contribution in [0.1, 0.15) is 16.9 Å². The molecule has 0 N–H and O–H groups in total. The van der Waals surface area contributed by atoms with Gasteiger partial charge in [0, 0.05) is 10.6 Å². The maximum Gasteiger partial charge on any atom is 0.267 e. The zero-order valence-electron chi connectivity index (χ0n) is 20.3. The number of rotatable bonds is 8. The van der Waals surface area contributed by atoms with Gasteiger partial charge in [0.2, 0.25) is 0 Å². The average Bonchev–Trinajstić information content (AvgIpc) is 3.53. The number of amidine groups is 1. The topological polar surface area (TPSA) is 64.3 Å². The molecular weight excluding hydrogens is 588 g/mol. The van der Waals surface area contributed by atoms with Gasteiger partial charge in [0.1, 0.15) is 12.4 Å². The molecule has 192 valence electrons. The lowest BCUT2D eigenvalue weighted by molar-refractivity contribution is -0.122. The summed E-state index contributed by atoms with van der Waals surface area (Å²) in [5.41, 5.74) is 2.40. The third kappa shape index (κ3) is 5.99. The average molecular weight is 610 g/mol. The van der Waals surface area contributed by atoms with Crippen LogP contribution in [0, 0.1) is 0 Å². The van der Waals surface area contributed by atoms with Crippen molar-refractivity contribution >= 4 is 62.1 Å². The number of nitrogens with zero attached hydrogens (tertiary/aromatic N) is 2. The van der Waals surface area contributed by atoms with E-state index in [9.17, 15) is 4.79 Å². The van der Waals surface area contributed by atoms with Gasteiger partial charge in [-0.15, -0.1) is 0 Å². The Labute approximate surface area is 238 Å². The highest BCUT2D eigenvalue weighted by molar-refractivity contribution is 9.10. The fraction of sp³-hybridized carbons (Fsp3) is 0.103. The van der Waals surface area contributed by atoms with Crippen LogP contribution in [0.2, 0.25) is 5.02 Å². The van der Waals surface area contributed by atoms with Crippen molar-refractivity contribution in [2.24, 2.45) is 4.99 Å². The summed E-state index contributed by atoms with van der Waals surface area (Å²) in [5, 5.41) is 1.21. The normalized spacial score (nSPS) is 15.4. The quantitative estimate of drug-likeness (QED) is 0.189. The molecule has 0 atom stereocenters. The number of aliphatic imine (C=N–C) groups is 1. The van der Waals surface area contributed by atoms with Crippen molar-refractivity contribution < 1.29 is 18.7 Å². The summed E-state index contributed by atoms with van der Waals surface area (Å²) in [6, 6.07) is 24.4. The number of halogens is 2. The van der Waals surface area contributed by atoms with Crippen LogP contribution in [-0.2, 0) is 17.9 Å². The summed E-state index contributed by atoms with van der Waals surface area (Å²) < 4.78 is 17.8. The largest absolute Gasteiger partial charge is 0.493 e. The van der Waals surface area contributed by atoms with Crippen LogP contribution in [-0.4, -0.2) is 23.1 Å². The highest BCUT2D eigenvalue weighted by atomic mass is 79.9. The molecule has 0 unspecified atom stereocenters. The number of benzene rings is 3. The van der Waals surface area contributed by atoms with Crippen molar-refractivity contribution in [2.75, 3.05) is 7.11 Å². The SMILES string of the molecule is COc1cc(/C=C2/SC(=Nc3ccccc3)N(Cc3ccco3)C2=O)cc(Br)c1OCc1ccccc1Cl. The van der Waals surface area contributed by atoms with E-state index in [4.69, 9.17) is 30.5 Å². The number of hydrogen-bond acceptors (Lipinski definition) is 6. The van der Waals surface area contributed by atoms with Crippen molar-refractivity contribution in [1.82, 2.24) is 4.90 Å². The minimum Gasteiger partial charge on any atom is -0.493 e. The van der Waals surface area contributed by atoms with E-state index in [1.54, 1.807) is 24.3 Å². The first-order valence-corrected chi connectivity index (χ1v) is 13.6. The maximum absolute atomic E-state index is 13.5. The molecule has 1 aliphatic heterocycles. The molecule has 1 aliphatic rings. The summed E-state index contributed by atoms with van der Waals surface area (Å²) in [6.45, 7) is 0.564. The fourth-order valence-electron chi connectivity index (χ4n) is 3.78. The number of thioether (sulfide) groups is 1. The van der Waals surface area contributed by atoms with Gasteiger partial charge in [0.05, 0.1) is 35.0 Å². The molecule has 2 heterocycles. The summed E-state index contributed by atoms with van der Waals surface area (Å²) >= 11 is 11.2. The zero-order chi connectivity index (χ0) is 26.5. The Balaban J connectivity index is 1.43. The summed E-state index contributed by atoms with van der Waals surface area (Å²) in [6.07, 6.45) is 3.41. The number of methoxy groups -OCH3 is 1. The van der Waals surface area contributed by atoms with Crippen LogP contribution >= 0.6 is 39.3 Å². The van der Waals surface area contributed by atoms with Gasteiger partial charge in [-0.1, -0.05) is 48.0 Å². The number of furan rings is 1. The number of hydrogen-bond donors (Lipinski definition) is 0. The molecule has 6 nitrogen and oxygen atoms in total. The third-order valence-corrected chi connectivity index (χ3v) is 7.61. The predicted octanol–water partition coefficient (Wildman–Crippen LogP) is 8.09. The minimum atomic E-state index is -0.157. The molecule has 1 fully saturated rings. The molecule has 5 rings (SSSR count). The van der Waals surface area contributed by atoms with Crippen molar-refractivity contribution in [3.63, 3.8) is 0 Å². The van der Waals surface area contributed by atoms with E-state index in [0.29, 0.717) is 36.8 Å². The van der Waals surface area contributed by atoms with Gasteiger partial charge in [-0.05, 0) is 81.8 Å². The third-order valence-electron chi connectivity index (χ3n) is 5.64. The molecule has 1 saturated heterocycles. The molecule has 9 heteroatoms. The standard InChI is InChI=1S/C29H22BrClN2O4S/c1-35-25-15-19(14-23(30)27(25)37-18-20-8-5-6-12-24(20)31)16-26-28(34)33(17-22-11-7-13-36-22)29(38-26)32-21-9-3-2-4-10-21/h2-16H,17-18H2,1H3/b26-16+,32-29?. The smallest absolute Gasteiger partial charge is 0.267 e. The Bertz CT molecular complexity index is 1510. The summed E-state index contributed by atoms with van der Waals surface area (Å²) in [4.78, 5) is 20.3. The van der Waals surface area contributed by atoms with E-state index >= 15 is 0 Å². The van der Waals surface area contributed by atoms with Gasteiger partial charge in [0.25, 0.3) is 5.91 Å².